The predicted octanol–water partition coefficient (Wildman–Crippen LogP) is 7.33. The lowest BCUT2D eigenvalue weighted by Crippen LogP contribution is -2.06. The van der Waals surface area contributed by atoms with E-state index in [0.717, 1.165) is 60.1 Å². The van der Waals surface area contributed by atoms with Crippen LogP contribution in [0.25, 0.3) is 21.8 Å². The second-order valence-corrected chi connectivity index (χ2v) is 8.54. The molecule has 0 aliphatic rings. The van der Waals surface area contributed by atoms with Crippen LogP contribution in [0.1, 0.15) is 22.4 Å². The normalized spacial score (nSPS) is 11.9. The van der Waals surface area contributed by atoms with Crippen molar-refractivity contribution in [3.8, 4) is 0 Å². The number of aryl methyl sites for hydroxylation is 2. The van der Waals surface area contributed by atoms with Crippen LogP contribution in [-0.4, -0.2) is 15.7 Å². The van der Waals surface area contributed by atoms with E-state index in [1.54, 1.807) is 0 Å². The smallest absolute Gasteiger partial charge is 0.0972 e. The lowest BCUT2D eigenvalue weighted by Gasteiger charge is -2.12. The van der Waals surface area contributed by atoms with Crippen molar-refractivity contribution in [3.63, 3.8) is 0 Å². The molecule has 0 bridgehead atoms. The first kappa shape index (κ1) is 19.6. The fraction of sp³-hybridized carbons (Fsp3) is 0.0741. The van der Waals surface area contributed by atoms with E-state index in [9.17, 15) is 0 Å². The maximum atomic E-state index is 5.14. The Morgan fingerprint density at radius 1 is 0.774 bits per heavy atom. The van der Waals surface area contributed by atoms with Crippen molar-refractivity contribution in [3.05, 3.63) is 112 Å². The van der Waals surface area contributed by atoms with Crippen molar-refractivity contribution >= 4 is 49.1 Å². The minimum Gasteiger partial charge on any atom is -0.254 e. The number of pyridine rings is 2. The first-order chi connectivity index (χ1) is 15.1. The molecule has 2 heterocycles. The molecular weight excluding hydrogens is 446 g/mol. The standard InChI is InChI=1S/C27H20BrN3/c1-17-15-22(28)16-18(2)24(17)31-25(19-7-4-3-5-8-19)23-13-12-21-11-10-20-9-6-14-29-26(20)27(21)30-23/h3-16H,1-2H3. The summed E-state index contributed by atoms with van der Waals surface area (Å²) in [7, 11) is 0. The SMILES string of the molecule is Cc1cc(Br)cc(C)c1N=C(c1ccccc1)c1ccc2ccc3cccnc3c2n1. The summed E-state index contributed by atoms with van der Waals surface area (Å²) in [5, 5.41) is 2.15. The van der Waals surface area contributed by atoms with Gasteiger partial charge in [0.15, 0.2) is 0 Å². The second kappa shape index (κ2) is 8.05. The summed E-state index contributed by atoms with van der Waals surface area (Å²) in [5.41, 5.74) is 7.72. The highest BCUT2D eigenvalue weighted by Crippen LogP contribution is 2.30. The molecule has 0 atom stereocenters. The molecule has 0 radical (unpaired) electrons. The van der Waals surface area contributed by atoms with Gasteiger partial charge in [0.2, 0.25) is 0 Å². The number of hydrogen-bond donors (Lipinski definition) is 0. The summed E-state index contributed by atoms with van der Waals surface area (Å²) in [6.45, 7) is 4.18. The number of hydrogen-bond acceptors (Lipinski definition) is 3. The van der Waals surface area contributed by atoms with Crippen LogP contribution >= 0.6 is 15.9 Å². The molecule has 31 heavy (non-hydrogen) atoms. The van der Waals surface area contributed by atoms with Gasteiger partial charge >= 0.3 is 0 Å². The predicted molar refractivity (Wildman–Crippen MR) is 132 cm³/mol. The zero-order valence-corrected chi connectivity index (χ0v) is 18.9. The van der Waals surface area contributed by atoms with Crippen molar-refractivity contribution in [1.82, 2.24) is 9.97 Å². The summed E-state index contributed by atoms with van der Waals surface area (Å²) < 4.78 is 1.06. The molecule has 5 rings (SSSR count). The molecule has 0 unspecified atom stereocenters. The molecule has 0 N–H and O–H groups in total. The van der Waals surface area contributed by atoms with E-state index in [0.29, 0.717) is 0 Å². The summed E-state index contributed by atoms with van der Waals surface area (Å²) in [6.07, 6.45) is 1.82. The van der Waals surface area contributed by atoms with E-state index >= 15 is 0 Å². The zero-order valence-electron chi connectivity index (χ0n) is 17.3. The molecule has 4 heteroatoms. The zero-order chi connectivity index (χ0) is 21.4. The van der Waals surface area contributed by atoms with Gasteiger partial charge in [0.25, 0.3) is 0 Å². The minimum atomic E-state index is 0.832. The molecule has 0 spiro atoms. The van der Waals surface area contributed by atoms with Gasteiger partial charge in [-0.05, 0) is 49.2 Å². The van der Waals surface area contributed by atoms with Gasteiger partial charge in [-0.3, -0.25) is 4.98 Å². The van der Waals surface area contributed by atoms with Crippen LogP contribution in [0.4, 0.5) is 5.69 Å². The van der Waals surface area contributed by atoms with E-state index in [1.165, 1.54) is 0 Å². The Balaban J connectivity index is 1.78. The van der Waals surface area contributed by atoms with E-state index in [4.69, 9.17) is 9.98 Å². The minimum absolute atomic E-state index is 0.832. The van der Waals surface area contributed by atoms with E-state index in [2.05, 4.69) is 83.3 Å². The Kier molecular flexibility index (Phi) is 5.08. The van der Waals surface area contributed by atoms with Gasteiger partial charge in [0.05, 0.1) is 28.1 Å². The first-order valence-corrected chi connectivity index (χ1v) is 11.0. The maximum absolute atomic E-state index is 5.14. The Morgan fingerprint density at radius 2 is 1.45 bits per heavy atom. The fourth-order valence-electron chi connectivity index (χ4n) is 3.91. The van der Waals surface area contributed by atoms with Gasteiger partial charge in [-0.25, -0.2) is 9.98 Å². The van der Waals surface area contributed by atoms with Gasteiger partial charge < -0.3 is 0 Å². The summed E-state index contributed by atoms with van der Waals surface area (Å²) in [6, 6.07) is 26.8. The average Bonchev–Trinajstić information content (AvgIpc) is 2.79. The second-order valence-electron chi connectivity index (χ2n) is 7.62. The van der Waals surface area contributed by atoms with Crippen LogP contribution in [0.3, 0.4) is 0 Å². The van der Waals surface area contributed by atoms with Crippen molar-refractivity contribution in [2.24, 2.45) is 4.99 Å². The largest absolute Gasteiger partial charge is 0.254 e. The number of aliphatic imine (C=N–C) groups is 1. The van der Waals surface area contributed by atoms with Crippen molar-refractivity contribution in [1.29, 1.82) is 0 Å². The fourth-order valence-corrected chi connectivity index (χ4v) is 4.60. The Hall–Kier alpha value is -3.37. The summed E-state index contributed by atoms with van der Waals surface area (Å²) in [4.78, 5) is 14.8. The molecule has 5 aromatic rings. The molecule has 0 aliphatic heterocycles. The van der Waals surface area contributed by atoms with Gasteiger partial charge in [-0.1, -0.05) is 70.5 Å². The van der Waals surface area contributed by atoms with Crippen molar-refractivity contribution in [2.45, 2.75) is 13.8 Å². The Bertz CT molecular complexity index is 1430. The van der Waals surface area contributed by atoms with Gasteiger partial charge in [0.1, 0.15) is 0 Å². The van der Waals surface area contributed by atoms with Crippen LogP contribution < -0.4 is 0 Å². The van der Waals surface area contributed by atoms with Crippen molar-refractivity contribution < 1.29 is 0 Å². The topological polar surface area (TPSA) is 38.1 Å². The van der Waals surface area contributed by atoms with Crippen LogP contribution in [0, 0.1) is 13.8 Å². The molecule has 0 amide bonds. The number of nitrogens with zero attached hydrogens (tertiary/aromatic N) is 3. The molecular formula is C27H20BrN3. The molecule has 0 aliphatic carbocycles. The summed E-state index contributed by atoms with van der Waals surface area (Å²) >= 11 is 3.59. The van der Waals surface area contributed by atoms with Gasteiger partial charge in [-0.2, -0.15) is 0 Å². The highest BCUT2D eigenvalue weighted by atomic mass is 79.9. The van der Waals surface area contributed by atoms with Gasteiger partial charge in [0, 0.05) is 27.0 Å². The molecule has 2 aromatic heterocycles. The molecule has 0 saturated carbocycles. The molecule has 3 aromatic carbocycles. The molecule has 150 valence electrons. The van der Waals surface area contributed by atoms with Crippen LogP contribution in [0.2, 0.25) is 0 Å². The molecule has 0 fully saturated rings. The number of fused-ring (bicyclic) bond motifs is 3. The number of halogens is 1. The lowest BCUT2D eigenvalue weighted by atomic mass is 10.0. The van der Waals surface area contributed by atoms with Gasteiger partial charge in [-0.15, -0.1) is 0 Å². The number of rotatable bonds is 3. The monoisotopic (exact) mass is 465 g/mol. The van der Waals surface area contributed by atoms with Crippen LogP contribution in [0.5, 0.6) is 0 Å². The quantitative estimate of drug-likeness (QED) is 0.206. The highest BCUT2D eigenvalue weighted by molar-refractivity contribution is 9.10. The third kappa shape index (κ3) is 3.75. The first-order valence-electron chi connectivity index (χ1n) is 10.2. The van der Waals surface area contributed by atoms with Crippen LogP contribution in [-0.2, 0) is 0 Å². The summed E-state index contributed by atoms with van der Waals surface area (Å²) in [5.74, 6) is 0. The maximum Gasteiger partial charge on any atom is 0.0972 e. The number of benzene rings is 3. The lowest BCUT2D eigenvalue weighted by molar-refractivity contribution is 1.29. The van der Waals surface area contributed by atoms with Crippen molar-refractivity contribution in [2.75, 3.05) is 0 Å². The molecule has 0 saturated heterocycles. The van der Waals surface area contributed by atoms with Crippen LogP contribution in [0.15, 0.2) is 94.5 Å². The third-order valence-corrected chi connectivity index (χ3v) is 5.86. The number of aromatic nitrogens is 2. The van der Waals surface area contributed by atoms with E-state index in [1.807, 2.05) is 36.5 Å². The van der Waals surface area contributed by atoms with E-state index < -0.39 is 0 Å². The average molecular weight is 466 g/mol. The Labute approximate surface area is 189 Å². The Morgan fingerprint density at radius 3 is 2.19 bits per heavy atom. The highest BCUT2D eigenvalue weighted by Gasteiger charge is 2.13. The third-order valence-electron chi connectivity index (χ3n) is 5.40. The van der Waals surface area contributed by atoms with E-state index in [-0.39, 0.29) is 0 Å². The molecule has 3 nitrogen and oxygen atoms in total.